The lowest BCUT2D eigenvalue weighted by Gasteiger charge is -2.15. The summed E-state index contributed by atoms with van der Waals surface area (Å²) in [4.78, 5) is 14.9. The van der Waals surface area contributed by atoms with Gasteiger partial charge in [0.05, 0.1) is 5.75 Å². The van der Waals surface area contributed by atoms with Gasteiger partial charge < -0.3 is 10.0 Å². The first kappa shape index (κ1) is 12.5. The molecule has 1 aliphatic heterocycles. The van der Waals surface area contributed by atoms with E-state index in [0.29, 0.717) is 12.3 Å². The molecule has 1 atom stereocenters. The fourth-order valence-electron chi connectivity index (χ4n) is 1.96. The molecule has 17 heavy (non-hydrogen) atoms. The second-order valence-electron chi connectivity index (χ2n) is 4.28. The minimum absolute atomic E-state index is 0.176. The maximum absolute atomic E-state index is 11.9. The fourth-order valence-corrected chi connectivity index (χ4v) is 2.78. The summed E-state index contributed by atoms with van der Waals surface area (Å²) in [6.07, 6.45) is 0.929. The average molecular weight is 251 g/mol. The van der Waals surface area contributed by atoms with Crippen LogP contribution in [0, 0.1) is 5.92 Å². The van der Waals surface area contributed by atoms with Crippen molar-refractivity contribution in [1.82, 2.24) is 4.90 Å². The van der Waals surface area contributed by atoms with E-state index < -0.39 is 0 Å². The Morgan fingerprint density at radius 3 is 2.82 bits per heavy atom. The predicted molar refractivity (Wildman–Crippen MR) is 68.9 cm³/mol. The Morgan fingerprint density at radius 2 is 2.18 bits per heavy atom. The van der Waals surface area contributed by atoms with Crippen molar-refractivity contribution < 1.29 is 9.90 Å². The summed E-state index contributed by atoms with van der Waals surface area (Å²) in [5, 5.41) is 9.03. The van der Waals surface area contributed by atoms with E-state index in [0.717, 1.165) is 17.9 Å². The third kappa shape index (κ3) is 3.48. The van der Waals surface area contributed by atoms with Crippen LogP contribution < -0.4 is 0 Å². The van der Waals surface area contributed by atoms with Crippen molar-refractivity contribution in [1.29, 1.82) is 0 Å². The van der Waals surface area contributed by atoms with Crippen LogP contribution in [0.2, 0.25) is 0 Å². The van der Waals surface area contributed by atoms with Gasteiger partial charge in [0.15, 0.2) is 0 Å². The van der Waals surface area contributed by atoms with Crippen LogP contribution in [0.5, 0.6) is 0 Å². The SMILES string of the molecule is O=C(CSc1ccccc1)N1CCC(CO)C1. The Kier molecular flexibility index (Phi) is 4.45. The number of likely N-dealkylation sites (tertiary alicyclic amines) is 1. The Morgan fingerprint density at radius 1 is 1.41 bits per heavy atom. The smallest absolute Gasteiger partial charge is 0.232 e. The van der Waals surface area contributed by atoms with E-state index in [1.807, 2.05) is 35.2 Å². The molecule has 0 saturated carbocycles. The number of amides is 1. The topological polar surface area (TPSA) is 40.5 Å². The van der Waals surface area contributed by atoms with Crippen molar-refractivity contribution in [3.05, 3.63) is 30.3 Å². The highest BCUT2D eigenvalue weighted by Gasteiger charge is 2.25. The Bertz CT molecular complexity index is 369. The summed E-state index contributed by atoms with van der Waals surface area (Å²) >= 11 is 1.57. The number of hydrogen-bond acceptors (Lipinski definition) is 3. The summed E-state index contributed by atoms with van der Waals surface area (Å²) < 4.78 is 0. The first-order valence-electron chi connectivity index (χ1n) is 5.86. The van der Waals surface area contributed by atoms with E-state index in [2.05, 4.69) is 0 Å². The first-order valence-corrected chi connectivity index (χ1v) is 6.84. The van der Waals surface area contributed by atoms with Crippen molar-refractivity contribution in [3.63, 3.8) is 0 Å². The molecule has 3 nitrogen and oxygen atoms in total. The van der Waals surface area contributed by atoms with Gasteiger partial charge in [0.1, 0.15) is 0 Å². The van der Waals surface area contributed by atoms with Gasteiger partial charge in [-0.1, -0.05) is 18.2 Å². The van der Waals surface area contributed by atoms with Gasteiger partial charge in [-0.15, -0.1) is 11.8 Å². The van der Waals surface area contributed by atoms with Gasteiger partial charge in [0, 0.05) is 30.5 Å². The Hall–Kier alpha value is -1.00. The van der Waals surface area contributed by atoms with E-state index in [1.165, 1.54) is 0 Å². The number of aliphatic hydroxyl groups is 1. The first-order chi connectivity index (χ1) is 8.29. The number of carbonyl (C=O) groups excluding carboxylic acids is 1. The third-order valence-electron chi connectivity index (χ3n) is 3.00. The second kappa shape index (κ2) is 6.07. The molecular weight excluding hydrogens is 234 g/mol. The van der Waals surface area contributed by atoms with Gasteiger partial charge in [-0.3, -0.25) is 4.79 Å². The van der Waals surface area contributed by atoms with Crippen LogP contribution in [0.4, 0.5) is 0 Å². The molecule has 0 bridgehead atoms. The van der Waals surface area contributed by atoms with Gasteiger partial charge in [0.25, 0.3) is 0 Å². The van der Waals surface area contributed by atoms with Crippen molar-refractivity contribution in [3.8, 4) is 0 Å². The van der Waals surface area contributed by atoms with Crippen LogP contribution in [0.1, 0.15) is 6.42 Å². The van der Waals surface area contributed by atoms with E-state index in [9.17, 15) is 4.79 Å². The molecule has 0 aromatic heterocycles. The summed E-state index contributed by atoms with van der Waals surface area (Å²) in [7, 11) is 0. The molecule has 0 radical (unpaired) electrons. The second-order valence-corrected chi connectivity index (χ2v) is 5.33. The fraction of sp³-hybridized carbons (Fsp3) is 0.462. The van der Waals surface area contributed by atoms with Crippen molar-refractivity contribution in [2.24, 2.45) is 5.92 Å². The standard InChI is InChI=1S/C13H17NO2S/c15-9-11-6-7-14(8-11)13(16)10-17-12-4-2-1-3-5-12/h1-5,11,15H,6-10H2. The lowest BCUT2D eigenvalue weighted by Crippen LogP contribution is -2.30. The van der Waals surface area contributed by atoms with Crippen LogP contribution in [-0.4, -0.2) is 41.4 Å². The molecule has 1 N–H and O–H groups in total. The molecular formula is C13H17NO2S. The molecule has 1 fully saturated rings. The van der Waals surface area contributed by atoms with Crippen LogP contribution in [-0.2, 0) is 4.79 Å². The maximum atomic E-state index is 11.9. The number of thioether (sulfide) groups is 1. The number of benzene rings is 1. The number of nitrogens with zero attached hydrogens (tertiary/aromatic N) is 1. The van der Waals surface area contributed by atoms with Crippen LogP contribution >= 0.6 is 11.8 Å². The summed E-state index contributed by atoms with van der Waals surface area (Å²) in [6, 6.07) is 9.95. The minimum atomic E-state index is 0.176. The number of aliphatic hydroxyl groups excluding tert-OH is 1. The third-order valence-corrected chi connectivity index (χ3v) is 4.00. The molecule has 2 rings (SSSR count). The molecule has 1 amide bonds. The van der Waals surface area contributed by atoms with E-state index >= 15 is 0 Å². The highest BCUT2D eigenvalue weighted by molar-refractivity contribution is 8.00. The zero-order valence-corrected chi connectivity index (χ0v) is 10.5. The lowest BCUT2D eigenvalue weighted by molar-refractivity contribution is -0.127. The number of hydrogen-bond donors (Lipinski definition) is 1. The molecule has 92 valence electrons. The zero-order valence-electron chi connectivity index (χ0n) is 9.71. The predicted octanol–water partition coefficient (Wildman–Crippen LogP) is 1.62. The van der Waals surface area contributed by atoms with Gasteiger partial charge in [-0.05, 0) is 18.6 Å². The normalized spacial score (nSPS) is 19.6. The van der Waals surface area contributed by atoms with Crippen molar-refractivity contribution in [2.45, 2.75) is 11.3 Å². The molecule has 0 spiro atoms. The largest absolute Gasteiger partial charge is 0.396 e. The van der Waals surface area contributed by atoms with Gasteiger partial charge >= 0.3 is 0 Å². The van der Waals surface area contributed by atoms with Gasteiger partial charge in [-0.25, -0.2) is 0 Å². The summed E-state index contributed by atoms with van der Waals surface area (Å²) in [6.45, 7) is 1.69. The van der Waals surface area contributed by atoms with E-state index in [4.69, 9.17) is 5.11 Å². The Labute approximate surface area is 106 Å². The van der Waals surface area contributed by atoms with E-state index in [1.54, 1.807) is 11.8 Å². The quantitative estimate of drug-likeness (QED) is 0.827. The Balaban J connectivity index is 1.78. The van der Waals surface area contributed by atoms with Crippen molar-refractivity contribution in [2.75, 3.05) is 25.4 Å². The number of rotatable bonds is 4. The molecule has 1 heterocycles. The monoisotopic (exact) mass is 251 g/mol. The van der Waals surface area contributed by atoms with Crippen molar-refractivity contribution >= 4 is 17.7 Å². The van der Waals surface area contributed by atoms with Crippen LogP contribution in [0.3, 0.4) is 0 Å². The molecule has 1 aromatic carbocycles. The molecule has 1 saturated heterocycles. The minimum Gasteiger partial charge on any atom is -0.396 e. The zero-order chi connectivity index (χ0) is 12.1. The van der Waals surface area contributed by atoms with Gasteiger partial charge in [0.2, 0.25) is 5.91 Å². The average Bonchev–Trinajstić information content (AvgIpc) is 2.86. The lowest BCUT2D eigenvalue weighted by atomic mass is 10.1. The highest BCUT2D eigenvalue weighted by Crippen LogP contribution is 2.20. The molecule has 0 aliphatic carbocycles. The molecule has 1 aliphatic rings. The highest BCUT2D eigenvalue weighted by atomic mass is 32.2. The molecule has 1 unspecified atom stereocenters. The van der Waals surface area contributed by atoms with E-state index in [-0.39, 0.29) is 18.4 Å². The number of carbonyl (C=O) groups is 1. The van der Waals surface area contributed by atoms with Crippen LogP contribution in [0.25, 0.3) is 0 Å². The van der Waals surface area contributed by atoms with Crippen LogP contribution in [0.15, 0.2) is 35.2 Å². The maximum Gasteiger partial charge on any atom is 0.232 e. The molecule has 1 aromatic rings. The summed E-state index contributed by atoms with van der Waals surface area (Å²) in [5.41, 5.74) is 0. The van der Waals surface area contributed by atoms with Gasteiger partial charge in [-0.2, -0.15) is 0 Å². The molecule has 4 heteroatoms. The summed E-state index contributed by atoms with van der Waals surface area (Å²) in [5.74, 6) is 0.942.